The molecule has 0 spiro atoms. The van der Waals surface area contributed by atoms with Crippen LogP contribution < -0.4 is 5.32 Å². The molecule has 0 aliphatic heterocycles. The van der Waals surface area contributed by atoms with Gasteiger partial charge in [-0.15, -0.1) is 0 Å². The third-order valence-corrected chi connectivity index (χ3v) is 3.19. The van der Waals surface area contributed by atoms with Gasteiger partial charge in [-0.25, -0.2) is 0 Å². The molecule has 1 atom stereocenters. The van der Waals surface area contributed by atoms with Crippen molar-refractivity contribution in [1.82, 2.24) is 5.32 Å². The van der Waals surface area contributed by atoms with Gasteiger partial charge < -0.3 is 5.32 Å². The van der Waals surface area contributed by atoms with Crippen molar-refractivity contribution >= 4 is 5.78 Å². The summed E-state index contributed by atoms with van der Waals surface area (Å²) in [6, 6.07) is 9.32. The third-order valence-electron chi connectivity index (χ3n) is 3.19. The average molecular weight is 286 g/mol. The fourth-order valence-electron chi connectivity index (χ4n) is 2.21. The van der Waals surface area contributed by atoms with Crippen molar-refractivity contribution in [3.8, 4) is 6.07 Å². The maximum atomic E-state index is 12.7. The van der Waals surface area contributed by atoms with Crippen molar-refractivity contribution in [2.45, 2.75) is 59.5 Å². The lowest BCUT2D eigenvalue weighted by Gasteiger charge is -2.32. The Morgan fingerprint density at radius 2 is 1.67 bits per heavy atom. The molecule has 0 aromatic heterocycles. The van der Waals surface area contributed by atoms with Crippen LogP contribution in [0.15, 0.2) is 24.3 Å². The van der Waals surface area contributed by atoms with E-state index in [1.165, 1.54) is 0 Å². The number of Topliss-reactive ketones (excluding diaryl/α,β-unsaturated/α-hetero) is 1. The van der Waals surface area contributed by atoms with E-state index in [2.05, 4.69) is 32.2 Å². The first-order valence-corrected chi connectivity index (χ1v) is 7.34. The molecule has 0 aliphatic rings. The molecule has 3 heteroatoms. The van der Waals surface area contributed by atoms with Gasteiger partial charge in [0.15, 0.2) is 5.78 Å². The summed E-state index contributed by atoms with van der Waals surface area (Å²) in [5.41, 5.74) is 1.20. The summed E-state index contributed by atoms with van der Waals surface area (Å²) in [5.74, 6) is 0.210. The lowest BCUT2D eigenvalue weighted by atomic mass is 9.83. The second kappa shape index (κ2) is 6.41. The van der Waals surface area contributed by atoms with Crippen LogP contribution in [0.1, 0.15) is 52.7 Å². The zero-order valence-electron chi connectivity index (χ0n) is 13.9. The first kappa shape index (κ1) is 17.4. The first-order chi connectivity index (χ1) is 9.53. The molecule has 0 aliphatic carbocycles. The lowest BCUT2D eigenvalue weighted by Crippen LogP contribution is -2.51. The van der Waals surface area contributed by atoms with Crippen LogP contribution in [0, 0.1) is 16.7 Å². The molecule has 0 saturated heterocycles. The van der Waals surface area contributed by atoms with E-state index in [1.807, 2.05) is 32.9 Å². The summed E-state index contributed by atoms with van der Waals surface area (Å²) in [6.07, 6.45) is 0.638. The summed E-state index contributed by atoms with van der Waals surface area (Å²) in [7, 11) is 0. The predicted molar refractivity (Wildman–Crippen MR) is 86.0 cm³/mol. The van der Waals surface area contributed by atoms with Gasteiger partial charge in [-0.2, -0.15) is 5.26 Å². The molecule has 3 nitrogen and oxygen atoms in total. The highest BCUT2D eigenvalue weighted by Crippen LogP contribution is 2.20. The molecular formula is C18H26N2O. The van der Waals surface area contributed by atoms with E-state index in [4.69, 9.17) is 5.26 Å². The first-order valence-electron chi connectivity index (χ1n) is 7.34. The molecule has 114 valence electrons. The van der Waals surface area contributed by atoms with E-state index in [0.717, 1.165) is 5.56 Å². The van der Waals surface area contributed by atoms with Gasteiger partial charge in [0, 0.05) is 11.0 Å². The summed E-state index contributed by atoms with van der Waals surface area (Å²) in [6.45, 7) is 12.0. The highest BCUT2D eigenvalue weighted by molar-refractivity contribution is 5.89. The minimum absolute atomic E-state index is 0.127. The molecule has 0 fully saturated rings. The highest BCUT2D eigenvalue weighted by Gasteiger charge is 2.31. The molecule has 0 bridgehead atoms. The van der Waals surface area contributed by atoms with Crippen LogP contribution in [0.4, 0.5) is 0 Å². The monoisotopic (exact) mass is 286 g/mol. The van der Waals surface area contributed by atoms with Crippen molar-refractivity contribution in [2.24, 2.45) is 5.41 Å². The fourth-order valence-corrected chi connectivity index (χ4v) is 2.21. The maximum absolute atomic E-state index is 12.7. The van der Waals surface area contributed by atoms with Gasteiger partial charge in [-0.05, 0) is 44.9 Å². The Kier molecular flexibility index (Phi) is 5.31. The van der Waals surface area contributed by atoms with Gasteiger partial charge in [-0.3, -0.25) is 4.79 Å². The minimum Gasteiger partial charge on any atom is -0.302 e. The summed E-state index contributed by atoms with van der Waals surface area (Å²) < 4.78 is 0. The molecule has 0 amide bonds. The number of hydrogen-bond acceptors (Lipinski definition) is 3. The molecule has 1 unspecified atom stereocenters. The molecule has 1 aromatic carbocycles. The molecule has 1 N–H and O–H groups in total. The van der Waals surface area contributed by atoms with E-state index in [1.54, 1.807) is 12.1 Å². The molecule has 0 saturated carbocycles. The number of ketones is 1. The number of nitrogens with one attached hydrogen (secondary N) is 1. The maximum Gasteiger partial charge on any atom is 0.155 e. The molecule has 21 heavy (non-hydrogen) atoms. The topological polar surface area (TPSA) is 52.9 Å². The van der Waals surface area contributed by atoms with Crippen molar-refractivity contribution < 1.29 is 4.79 Å². The van der Waals surface area contributed by atoms with Crippen LogP contribution in [0.3, 0.4) is 0 Å². The largest absolute Gasteiger partial charge is 0.302 e. The van der Waals surface area contributed by atoms with Gasteiger partial charge in [0.1, 0.15) is 0 Å². The van der Waals surface area contributed by atoms with Gasteiger partial charge in [-0.1, -0.05) is 32.9 Å². The smallest absolute Gasteiger partial charge is 0.155 e. The number of rotatable bonds is 4. The number of carbonyl (C=O) groups excluding carboxylic acids is 1. The molecule has 0 radical (unpaired) electrons. The summed E-state index contributed by atoms with van der Waals surface area (Å²) in [5, 5.41) is 12.3. The SMILES string of the molecule is CC(C)(C)NC(Cc1ccc(C#N)cc1)C(=O)C(C)(C)C. The van der Waals surface area contributed by atoms with Crippen LogP contribution in [-0.4, -0.2) is 17.4 Å². The van der Waals surface area contributed by atoms with Crippen molar-refractivity contribution in [3.05, 3.63) is 35.4 Å². The van der Waals surface area contributed by atoms with Gasteiger partial charge in [0.05, 0.1) is 17.7 Å². The van der Waals surface area contributed by atoms with Crippen LogP contribution in [0.5, 0.6) is 0 Å². The molecular weight excluding hydrogens is 260 g/mol. The van der Waals surface area contributed by atoms with E-state index < -0.39 is 0 Å². The normalized spacial score (nSPS) is 13.6. The Labute approximate surface area is 128 Å². The Morgan fingerprint density at radius 1 is 1.14 bits per heavy atom. The van der Waals surface area contributed by atoms with Crippen molar-refractivity contribution in [1.29, 1.82) is 5.26 Å². The Hall–Kier alpha value is -1.66. The lowest BCUT2D eigenvalue weighted by molar-refractivity contribution is -0.128. The quantitative estimate of drug-likeness (QED) is 0.922. The summed E-state index contributed by atoms with van der Waals surface area (Å²) >= 11 is 0. The van der Waals surface area contributed by atoms with E-state index in [0.29, 0.717) is 12.0 Å². The third kappa shape index (κ3) is 5.69. The van der Waals surface area contributed by atoms with Crippen LogP contribution >= 0.6 is 0 Å². The fraction of sp³-hybridized carbons (Fsp3) is 0.556. The number of nitrogens with zero attached hydrogens (tertiary/aromatic N) is 1. The Balaban J connectivity index is 2.96. The number of carbonyl (C=O) groups is 1. The van der Waals surface area contributed by atoms with Crippen LogP contribution in [0.2, 0.25) is 0 Å². The second-order valence-electron chi connectivity index (χ2n) is 7.57. The van der Waals surface area contributed by atoms with Crippen molar-refractivity contribution in [2.75, 3.05) is 0 Å². The average Bonchev–Trinajstić information content (AvgIpc) is 2.35. The zero-order valence-corrected chi connectivity index (χ0v) is 13.9. The van der Waals surface area contributed by atoms with Gasteiger partial charge in [0.2, 0.25) is 0 Å². The van der Waals surface area contributed by atoms with E-state index in [9.17, 15) is 4.79 Å². The number of benzene rings is 1. The van der Waals surface area contributed by atoms with E-state index in [-0.39, 0.29) is 22.8 Å². The number of nitriles is 1. The summed E-state index contributed by atoms with van der Waals surface area (Å²) in [4.78, 5) is 12.7. The molecule has 1 rings (SSSR count). The van der Waals surface area contributed by atoms with Crippen LogP contribution in [-0.2, 0) is 11.2 Å². The number of hydrogen-bond donors (Lipinski definition) is 1. The van der Waals surface area contributed by atoms with Crippen molar-refractivity contribution in [3.63, 3.8) is 0 Å². The molecule has 1 aromatic rings. The Morgan fingerprint density at radius 3 is 2.05 bits per heavy atom. The highest BCUT2D eigenvalue weighted by atomic mass is 16.1. The predicted octanol–water partition coefficient (Wildman–Crippen LogP) is 3.47. The zero-order chi connectivity index (χ0) is 16.3. The standard InChI is InChI=1S/C18H26N2O/c1-17(2,3)16(21)15(20-18(4,5)6)11-13-7-9-14(12-19)10-8-13/h7-10,15,20H,11H2,1-6H3. The van der Waals surface area contributed by atoms with Crippen LogP contribution in [0.25, 0.3) is 0 Å². The minimum atomic E-state index is -0.379. The molecule has 0 heterocycles. The Bertz CT molecular complexity index is 524. The van der Waals surface area contributed by atoms with Gasteiger partial charge >= 0.3 is 0 Å². The van der Waals surface area contributed by atoms with E-state index >= 15 is 0 Å². The van der Waals surface area contributed by atoms with Gasteiger partial charge in [0.25, 0.3) is 0 Å². The second-order valence-corrected chi connectivity index (χ2v) is 7.57.